The van der Waals surface area contributed by atoms with Gasteiger partial charge in [-0.2, -0.15) is 0 Å². The Morgan fingerprint density at radius 1 is 0.367 bits per heavy atom. The van der Waals surface area contributed by atoms with Crippen LogP contribution in [0.15, 0.2) is 0 Å². The first-order valence-corrected chi connectivity index (χ1v) is 36.9. The lowest BCUT2D eigenvalue weighted by Gasteiger charge is -2.41. The monoisotopic (exact) mass is 1140 g/mol. The van der Waals surface area contributed by atoms with Crippen LogP contribution < -0.4 is 0 Å². The van der Waals surface area contributed by atoms with Gasteiger partial charge in [0.05, 0.1) is 13.2 Å². The van der Waals surface area contributed by atoms with Crippen LogP contribution in [0, 0.1) is 5.92 Å². The van der Waals surface area contributed by atoms with Crippen LogP contribution in [-0.2, 0) is 24.1 Å². The summed E-state index contributed by atoms with van der Waals surface area (Å²) in [6, 6.07) is 0. The summed E-state index contributed by atoms with van der Waals surface area (Å²) in [5, 5.41) is 31.0. The quantitative estimate of drug-likeness (QED) is 0.0308. The third-order valence-electron chi connectivity index (χ3n) is 17.8. The predicted octanol–water partition coefficient (Wildman–Crippen LogP) is 20.6. The average molecular weight is 1140 g/mol. The number of aliphatic hydroxyl groups excluding tert-OH is 3. The van der Waals surface area contributed by atoms with E-state index >= 15 is 0 Å². The van der Waals surface area contributed by atoms with Crippen LogP contribution in [0.5, 0.6) is 0 Å². The summed E-state index contributed by atoms with van der Waals surface area (Å²) in [6.45, 7) is 4.41. The van der Waals surface area contributed by atoms with E-state index in [-0.39, 0.29) is 6.61 Å². The van der Waals surface area contributed by atoms with Crippen molar-refractivity contribution >= 4 is 10.4 Å². The van der Waals surface area contributed by atoms with Gasteiger partial charge in [0.1, 0.15) is 30.5 Å². The maximum atomic E-state index is 11.4. The Morgan fingerprint density at radius 3 is 0.797 bits per heavy atom. The van der Waals surface area contributed by atoms with Gasteiger partial charge in [-0.3, -0.25) is 4.18 Å². The molecule has 0 aromatic rings. The highest BCUT2D eigenvalue weighted by Crippen LogP contribution is 2.27. The molecule has 10 heteroatoms. The average Bonchev–Trinajstić information content (AvgIpc) is 3.53. The maximum absolute atomic E-state index is 11.4. The SMILES string of the molecule is CCCCCCCCCCCCCCCCCCCCCCCCCCCCCCC(CCCCCCCCCCCCCCCCCCCCCCCCCCCCCC)COC[C@@H]1O[C@H](CO)[C@H](O)[C@H](OS(=O)(=O)[O-])[C@H]1O. The molecular weight excluding hydrogens is 1000 g/mol. The molecule has 3 N–H and O–H groups in total. The molecule has 5 atom stereocenters. The normalized spacial score (nSPS) is 17.9. The first kappa shape index (κ1) is 76.7. The Kier molecular flexibility index (Phi) is 57.7. The first-order valence-electron chi connectivity index (χ1n) is 35.6. The van der Waals surface area contributed by atoms with Crippen LogP contribution in [0.3, 0.4) is 0 Å². The Balaban J connectivity index is 2.14. The zero-order valence-electron chi connectivity index (χ0n) is 52.8. The van der Waals surface area contributed by atoms with E-state index in [4.69, 9.17) is 9.47 Å². The molecule has 1 fully saturated rings. The molecule has 0 bridgehead atoms. The van der Waals surface area contributed by atoms with Crippen LogP contribution >= 0.6 is 0 Å². The van der Waals surface area contributed by atoms with Crippen LogP contribution in [0.4, 0.5) is 0 Å². The van der Waals surface area contributed by atoms with Gasteiger partial charge in [-0.25, -0.2) is 8.42 Å². The molecule has 0 radical (unpaired) electrons. The van der Waals surface area contributed by atoms with Crippen LogP contribution in [0.2, 0.25) is 0 Å². The molecule has 1 aliphatic heterocycles. The molecule has 9 nitrogen and oxygen atoms in total. The van der Waals surface area contributed by atoms with Gasteiger partial charge in [-0.15, -0.1) is 0 Å². The molecule has 0 spiro atoms. The highest BCUT2D eigenvalue weighted by molar-refractivity contribution is 7.80. The second-order valence-corrected chi connectivity index (χ2v) is 26.4. The number of unbranched alkanes of at least 4 members (excludes halogenated alkanes) is 54. The minimum absolute atomic E-state index is 0.0568. The Morgan fingerprint density at radius 2 is 0.582 bits per heavy atom. The zero-order chi connectivity index (χ0) is 57.2. The van der Waals surface area contributed by atoms with Gasteiger partial charge in [0.25, 0.3) is 0 Å². The summed E-state index contributed by atoms with van der Waals surface area (Å²) in [7, 11) is -5.20. The minimum atomic E-state index is -5.20. The molecule has 474 valence electrons. The fraction of sp³-hybridized carbons (Fsp3) is 1.00. The molecule has 0 saturated carbocycles. The second-order valence-electron chi connectivity index (χ2n) is 25.4. The van der Waals surface area contributed by atoms with Crippen molar-refractivity contribution < 1.29 is 41.9 Å². The van der Waals surface area contributed by atoms with Crippen molar-refractivity contribution in [3.05, 3.63) is 0 Å². The van der Waals surface area contributed by atoms with Gasteiger partial charge >= 0.3 is 0 Å². The molecule has 0 amide bonds. The largest absolute Gasteiger partial charge is 0.726 e. The van der Waals surface area contributed by atoms with Gasteiger partial charge in [-0.05, 0) is 18.8 Å². The van der Waals surface area contributed by atoms with Crippen molar-refractivity contribution in [3.63, 3.8) is 0 Å². The summed E-state index contributed by atoms with van der Waals surface area (Å²) in [4.78, 5) is 0. The molecule has 0 aliphatic carbocycles. The van der Waals surface area contributed by atoms with Crippen molar-refractivity contribution in [2.75, 3.05) is 19.8 Å². The van der Waals surface area contributed by atoms with Crippen molar-refractivity contribution in [2.45, 2.75) is 417 Å². The summed E-state index contributed by atoms with van der Waals surface area (Å²) >= 11 is 0. The molecule has 0 aromatic heterocycles. The van der Waals surface area contributed by atoms with E-state index in [0.29, 0.717) is 12.5 Å². The van der Waals surface area contributed by atoms with Crippen LogP contribution in [-0.4, -0.2) is 78.6 Å². The van der Waals surface area contributed by atoms with Crippen molar-refractivity contribution in [1.82, 2.24) is 0 Å². The standard InChI is InChI=1S/C69H138O9S/c1-3-5-7-9-11-13-15-17-19-21-23-25-27-29-31-33-35-37-39-41-43-45-47-49-51-53-55-57-59-64(62-76-63-66-68(72)69(78-79(73,74)75)67(71)65(61-70)77-66)60-58-56-54-52-50-48-46-44-42-40-38-36-34-32-30-28-26-24-22-20-18-16-14-12-10-8-6-4-2/h64-72H,3-63H2,1-2H3,(H,73,74,75)/p-1/t65-,66+,67+,68+,69+/m1/s1. The van der Waals surface area contributed by atoms with E-state index < -0.39 is 47.5 Å². The second kappa shape index (κ2) is 59.4. The van der Waals surface area contributed by atoms with Gasteiger partial charge < -0.3 is 29.3 Å². The predicted molar refractivity (Wildman–Crippen MR) is 336 cm³/mol. The van der Waals surface area contributed by atoms with Crippen molar-refractivity contribution in [3.8, 4) is 0 Å². The fourth-order valence-electron chi connectivity index (χ4n) is 12.4. The summed E-state index contributed by atoms with van der Waals surface area (Å²) < 4.78 is 50.3. The molecular formula is C69H137O9S-. The number of ether oxygens (including phenoxy) is 2. The summed E-state index contributed by atoms with van der Waals surface area (Å²) in [5.41, 5.74) is 0. The lowest BCUT2D eigenvalue weighted by atomic mass is 9.94. The minimum Gasteiger partial charge on any atom is -0.726 e. The molecule has 1 aliphatic rings. The number of rotatable bonds is 65. The van der Waals surface area contributed by atoms with Crippen LogP contribution in [0.25, 0.3) is 0 Å². The van der Waals surface area contributed by atoms with E-state index in [2.05, 4.69) is 18.0 Å². The van der Waals surface area contributed by atoms with E-state index in [1.807, 2.05) is 0 Å². The van der Waals surface area contributed by atoms with Gasteiger partial charge in [-0.1, -0.05) is 373 Å². The molecule has 79 heavy (non-hydrogen) atoms. The van der Waals surface area contributed by atoms with Crippen molar-refractivity contribution in [2.24, 2.45) is 5.92 Å². The Bertz CT molecular complexity index is 1240. The van der Waals surface area contributed by atoms with Gasteiger partial charge in [0.15, 0.2) is 0 Å². The zero-order valence-corrected chi connectivity index (χ0v) is 53.6. The smallest absolute Gasteiger partial charge is 0.218 e. The number of aliphatic hydroxyl groups is 3. The Hall–Kier alpha value is -0.330. The van der Waals surface area contributed by atoms with E-state index in [1.54, 1.807) is 0 Å². The third-order valence-corrected chi connectivity index (χ3v) is 18.2. The highest BCUT2D eigenvalue weighted by atomic mass is 32.3. The molecule has 1 saturated heterocycles. The van der Waals surface area contributed by atoms with E-state index in [1.165, 1.54) is 347 Å². The number of hydrogen-bond donors (Lipinski definition) is 3. The lowest BCUT2D eigenvalue weighted by Crippen LogP contribution is -2.61. The number of hydrogen-bond acceptors (Lipinski definition) is 9. The first-order chi connectivity index (χ1) is 38.7. The summed E-state index contributed by atoms with van der Waals surface area (Å²) in [5.74, 6) is 0.363. The Labute approximate surface area is 492 Å². The lowest BCUT2D eigenvalue weighted by molar-refractivity contribution is -0.233. The molecule has 1 heterocycles. The maximum Gasteiger partial charge on any atom is 0.218 e. The van der Waals surface area contributed by atoms with E-state index in [9.17, 15) is 28.3 Å². The topological polar surface area (TPSA) is 146 Å². The fourth-order valence-corrected chi connectivity index (χ4v) is 12.9. The molecule has 0 unspecified atom stereocenters. The van der Waals surface area contributed by atoms with Gasteiger partial charge in [0, 0.05) is 6.61 Å². The van der Waals surface area contributed by atoms with Crippen LogP contribution in [0.1, 0.15) is 386 Å². The summed E-state index contributed by atoms with van der Waals surface area (Å²) in [6.07, 6.45) is 73.0. The van der Waals surface area contributed by atoms with Gasteiger partial charge in [0.2, 0.25) is 10.4 Å². The highest BCUT2D eigenvalue weighted by Gasteiger charge is 2.46. The molecule has 1 rings (SSSR count). The van der Waals surface area contributed by atoms with E-state index in [0.717, 1.165) is 25.7 Å². The third kappa shape index (κ3) is 51.8. The molecule has 0 aromatic carbocycles. The van der Waals surface area contributed by atoms with Crippen molar-refractivity contribution in [1.29, 1.82) is 0 Å².